The average molecular weight is 253 g/mol. The van der Waals surface area contributed by atoms with Gasteiger partial charge in [0.05, 0.1) is 13.0 Å². The molecule has 0 heterocycles. The zero-order chi connectivity index (χ0) is 10.6. The maximum absolute atomic E-state index is 11.2. The Morgan fingerprint density at radius 1 is 1.62 bits per heavy atom. The number of carbonyl (C=O) groups is 2. The molecule has 2 atom stereocenters. The van der Waals surface area contributed by atoms with Gasteiger partial charge in [-0.15, -0.1) is 0 Å². The number of halogens is 1. The van der Waals surface area contributed by atoms with Crippen LogP contribution < -0.4 is 0 Å². The number of esters is 1. The summed E-state index contributed by atoms with van der Waals surface area (Å²) in [6, 6.07) is 0. The van der Waals surface area contributed by atoms with Crippen LogP contribution >= 0.6 is 15.9 Å². The van der Waals surface area contributed by atoms with Gasteiger partial charge < -0.3 is 9.84 Å². The second kappa shape index (κ2) is 4.60. The molecule has 0 radical (unpaired) electrons. The van der Waals surface area contributed by atoms with E-state index in [-0.39, 0.29) is 0 Å². The number of carboxylic acids is 1. The molecule has 5 heteroatoms. The van der Waals surface area contributed by atoms with Crippen molar-refractivity contribution >= 4 is 27.9 Å². The molecule has 4 nitrogen and oxygen atoms in total. The number of carboxylic acid groups (broad SMARTS) is 1. The van der Waals surface area contributed by atoms with Crippen LogP contribution in [0.3, 0.4) is 0 Å². The molecule has 0 saturated carbocycles. The summed E-state index contributed by atoms with van der Waals surface area (Å²) in [6.45, 7) is 3.21. The first-order valence-corrected chi connectivity index (χ1v) is 4.67. The quantitative estimate of drug-likeness (QED) is 0.608. The highest BCUT2D eigenvalue weighted by atomic mass is 79.9. The molecule has 0 bridgehead atoms. The van der Waals surface area contributed by atoms with Crippen molar-refractivity contribution in [2.45, 2.75) is 24.6 Å². The molecule has 0 saturated heterocycles. The summed E-state index contributed by atoms with van der Waals surface area (Å²) in [5.74, 6) is -2.35. The van der Waals surface area contributed by atoms with Crippen LogP contribution in [0.15, 0.2) is 0 Å². The Morgan fingerprint density at radius 3 is 2.31 bits per heavy atom. The fourth-order valence-electron chi connectivity index (χ4n) is 1.13. The van der Waals surface area contributed by atoms with E-state index >= 15 is 0 Å². The van der Waals surface area contributed by atoms with Crippen molar-refractivity contribution in [3.63, 3.8) is 0 Å². The zero-order valence-electron chi connectivity index (χ0n) is 7.83. The molecule has 0 spiro atoms. The van der Waals surface area contributed by atoms with E-state index in [0.717, 1.165) is 0 Å². The van der Waals surface area contributed by atoms with E-state index in [2.05, 4.69) is 20.7 Å². The lowest BCUT2D eigenvalue weighted by Crippen LogP contribution is -2.41. The second-order valence-electron chi connectivity index (χ2n) is 2.87. The predicted octanol–water partition coefficient (Wildman–Crippen LogP) is 1.42. The van der Waals surface area contributed by atoms with E-state index in [1.54, 1.807) is 6.92 Å². The minimum Gasteiger partial charge on any atom is -0.481 e. The molecule has 76 valence electrons. The van der Waals surface area contributed by atoms with Gasteiger partial charge in [0.25, 0.3) is 0 Å². The van der Waals surface area contributed by atoms with Crippen molar-refractivity contribution in [1.29, 1.82) is 0 Å². The lowest BCUT2D eigenvalue weighted by atomic mass is 9.91. The van der Waals surface area contributed by atoms with Crippen LogP contribution in [0.25, 0.3) is 0 Å². The van der Waals surface area contributed by atoms with Crippen LogP contribution in [0, 0.1) is 5.92 Å². The van der Waals surface area contributed by atoms with E-state index in [1.807, 2.05) is 0 Å². The number of carbonyl (C=O) groups excluding carboxylic acids is 1. The molecule has 0 unspecified atom stereocenters. The van der Waals surface area contributed by atoms with Gasteiger partial charge in [0.1, 0.15) is 4.32 Å². The lowest BCUT2D eigenvalue weighted by Gasteiger charge is -2.25. The fourth-order valence-corrected chi connectivity index (χ4v) is 1.81. The largest absolute Gasteiger partial charge is 0.481 e. The summed E-state index contributed by atoms with van der Waals surface area (Å²) in [4.78, 5) is 22.0. The van der Waals surface area contributed by atoms with Gasteiger partial charge in [-0.1, -0.05) is 22.9 Å². The number of alkyl halides is 1. The van der Waals surface area contributed by atoms with E-state index in [0.29, 0.717) is 6.42 Å². The van der Waals surface area contributed by atoms with E-state index in [4.69, 9.17) is 5.11 Å². The molecule has 0 rings (SSSR count). The number of methoxy groups -OCH3 is 1. The van der Waals surface area contributed by atoms with Gasteiger partial charge in [0.2, 0.25) is 0 Å². The van der Waals surface area contributed by atoms with Gasteiger partial charge in [-0.3, -0.25) is 9.59 Å². The fraction of sp³-hybridized carbons (Fsp3) is 0.750. The van der Waals surface area contributed by atoms with E-state index < -0.39 is 22.2 Å². The summed E-state index contributed by atoms with van der Waals surface area (Å²) in [5.41, 5.74) is 0. The third-order valence-corrected chi connectivity index (χ3v) is 2.82. The number of rotatable bonds is 4. The van der Waals surface area contributed by atoms with Crippen LogP contribution in [-0.2, 0) is 14.3 Å². The van der Waals surface area contributed by atoms with Crippen LogP contribution in [0.2, 0.25) is 0 Å². The van der Waals surface area contributed by atoms with Gasteiger partial charge in [0, 0.05) is 0 Å². The second-order valence-corrected chi connectivity index (χ2v) is 4.51. The minimum atomic E-state index is -1.15. The Balaban J connectivity index is 4.76. The molecule has 1 N–H and O–H groups in total. The predicted molar refractivity (Wildman–Crippen MR) is 50.8 cm³/mol. The lowest BCUT2D eigenvalue weighted by molar-refractivity contribution is -0.152. The number of hydrogen-bond acceptors (Lipinski definition) is 3. The highest BCUT2D eigenvalue weighted by Gasteiger charge is 2.43. The van der Waals surface area contributed by atoms with Crippen LogP contribution in [0.4, 0.5) is 0 Å². The topological polar surface area (TPSA) is 63.6 Å². The highest BCUT2D eigenvalue weighted by Crippen LogP contribution is 2.31. The maximum atomic E-state index is 11.2. The van der Waals surface area contributed by atoms with Crippen LogP contribution in [0.5, 0.6) is 0 Å². The third kappa shape index (κ3) is 2.69. The van der Waals surface area contributed by atoms with E-state index in [9.17, 15) is 9.59 Å². The Kier molecular flexibility index (Phi) is 4.39. The van der Waals surface area contributed by atoms with Gasteiger partial charge in [-0.25, -0.2) is 0 Å². The summed E-state index contributed by atoms with van der Waals surface area (Å²) in [6.07, 6.45) is 0.367. The number of hydrogen-bond donors (Lipinski definition) is 1. The standard InChI is InChI=1S/C8H13BrO4/c1-4-5(6(10)11)8(2,9)7(12)13-3/h5H,4H2,1-3H3,(H,10,11)/t5-,8-/m0/s1. The third-order valence-electron chi connectivity index (χ3n) is 1.95. The number of ether oxygens (including phenoxy) is 1. The molecule has 13 heavy (non-hydrogen) atoms. The Labute approximate surface area is 85.4 Å². The van der Waals surface area contributed by atoms with Crippen LogP contribution in [-0.4, -0.2) is 28.5 Å². The molecule has 0 aliphatic rings. The first kappa shape index (κ1) is 12.4. The molecule has 0 fully saturated rings. The molecule has 0 amide bonds. The molecular formula is C8H13BrO4. The molecule has 0 aromatic heterocycles. The SMILES string of the molecule is CC[C@@H](C(=O)O)[C@](C)(Br)C(=O)OC. The van der Waals surface area contributed by atoms with Crippen LogP contribution in [0.1, 0.15) is 20.3 Å². The Hall–Kier alpha value is -0.580. The first-order chi connectivity index (χ1) is 5.87. The Morgan fingerprint density at radius 2 is 2.08 bits per heavy atom. The van der Waals surface area contributed by atoms with Crippen molar-refractivity contribution in [3.05, 3.63) is 0 Å². The average Bonchev–Trinajstić information content (AvgIpc) is 2.02. The van der Waals surface area contributed by atoms with Crippen molar-refractivity contribution in [2.24, 2.45) is 5.92 Å². The van der Waals surface area contributed by atoms with Gasteiger partial charge in [-0.2, -0.15) is 0 Å². The highest BCUT2D eigenvalue weighted by molar-refractivity contribution is 9.10. The van der Waals surface area contributed by atoms with E-state index in [1.165, 1.54) is 14.0 Å². The minimum absolute atomic E-state index is 0.367. The molecule has 0 aromatic rings. The van der Waals surface area contributed by atoms with Crippen molar-refractivity contribution < 1.29 is 19.4 Å². The van der Waals surface area contributed by atoms with Gasteiger partial charge in [0.15, 0.2) is 0 Å². The summed E-state index contributed by atoms with van der Waals surface area (Å²) >= 11 is 3.08. The zero-order valence-corrected chi connectivity index (χ0v) is 9.42. The molecular weight excluding hydrogens is 240 g/mol. The summed E-state index contributed by atoms with van der Waals surface area (Å²) in [7, 11) is 1.23. The normalized spacial score (nSPS) is 17.2. The van der Waals surface area contributed by atoms with Crippen molar-refractivity contribution in [2.75, 3.05) is 7.11 Å². The van der Waals surface area contributed by atoms with Crippen molar-refractivity contribution in [3.8, 4) is 0 Å². The molecule has 0 aliphatic heterocycles. The summed E-state index contributed by atoms with van der Waals surface area (Å²) in [5, 5.41) is 8.82. The summed E-state index contributed by atoms with van der Waals surface area (Å²) < 4.78 is 3.35. The maximum Gasteiger partial charge on any atom is 0.323 e. The van der Waals surface area contributed by atoms with Gasteiger partial charge in [-0.05, 0) is 13.3 Å². The van der Waals surface area contributed by atoms with Crippen molar-refractivity contribution in [1.82, 2.24) is 0 Å². The van der Waals surface area contributed by atoms with Gasteiger partial charge >= 0.3 is 11.9 Å². The smallest absolute Gasteiger partial charge is 0.323 e. The Bertz CT molecular complexity index is 212. The molecule has 0 aliphatic carbocycles. The monoisotopic (exact) mass is 252 g/mol. The number of aliphatic carboxylic acids is 1. The first-order valence-electron chi connectivity index (χ1n) is 3.88. The molecule has 0 aromatic carbocycles.